The zero-order valence-corrected chi connectivity index (χ0v) is 23.5. The van der Waals surface area contributed by atoms with Gasteiger partial charge in [0.25, 0.3) is 0 Å². The van der Waals surface area contributed by atoms with E-state index >= 15 is 0 Å². The maximum absolute atomic E-state index is 12.5. The second kappa shape index (κ2) is 11.6. The Balaban J connectivity index is 0.00000480. The van der Waals surface area contributed by atoms with E-state index < -0.39 is 35.6 Å². The number of hydrogen-bond acceptors (Lipinski definition) is 8. The van der Waals surface area contributed by atoms with Crippen LogP contribution in [-0.2, 0) is 30.2 Å². The Morgan fingerprint density at radius 2 is 1.77 bits per heavy atom. The summed E-state index contributed by atoms with van der Waals surface area (Å²) in [6.07, 6.45) is 0.617. The van der Waals surface area contributed by atoms with Crippen molar-refractivity contribution in [2.24, 2.45) is 0 Å². The number of hydrogen-bond donors (Lipinski definition) is 0. The van der Waals surface area contributed by atoms with Crippen molar-refractivity contribution in [1.29, 1.82) is 0 Å². The van der Waals surface area contributed by atoms with Crippen molar-refractivity contribution >= 4 is 18.0 Å². The van der Waals surface area contributed by atoms with Gasteiger partial charge in [-0.25, -0.2) is 4.79 Å². The molecule has 1 fully saturated rings. The molecule has 0 saturated carbocycles. The van der Waals surface area contributed by atoms with Crippen LogP contribution in [-0.4, -0.2) is 59.0 Å². The van der Waals surface area contributed by atoms with Crippen LogP contribution in [0.4, 0.5) is 4.79 Å². The Kier molecular flexibility index (Phi) is 10.4. The summed E-state index contributed by atoms with van der Waals surface area (Å²) in [5.74, 6) is -1.88. The maximum atomic E-state index is 12.5. The van der Waals surface area contributed by atoms with E-state index in [1.54, 1.807) is 45.6 Å². The van der Waals surface area contributed by atoms with E-state index in [0.29, 0.717) is 18.7 Å². The molecule has 1 aliphatic heterocycles. The minimum Gasteiger partial charge on any atom is -0.653 e. The molecule has 1 amide bonds. The first-order valence-corrected chi connectivity index (χ1v) is 10.1. The third-order valence-electron chi connectivity index (χ3n) is 4.49. The minimum absolute atomic E-state index is 0. The van der Waals surface area contributed by atoms with Gasteiger partial charge in [0.05, 0.1) is 24.8 Å². The van der Waals surface area contributed by atoms with Crippen LogP contribution in [0.2, 0.25) is 0 Å². The van der Waals surface area contributed by atoms with Crippen molar-refractivity contribution in [3.8, 4) is 0 Å². The van der Waals surface area contributed by atoms with Crippen LogP contribution < -0.4 is 0 Å². The van der Waals surface area contributed by atoms with Gasteiger partial charge in [0.15, 0.2) is 0 Å². The SMILES string of the molecule is CCOC(=O)C([NH-])(Cc1cc(C2CCCN2C(=O)OC(C)(C)C)no1)C(=O)OCC.[Ac]. The Morgan fingerprint density at radius 3 is 2.29 bits per heavy atom. The van der Waals surface area contributed by atoms with E-state index in [9.17, 15) is 14.4 Å². The Bertz CT molecular complexity index is 757. The van der Waals surface area contributed by atoms with Gasteiger partial charge in [0.2, 0.25) is 0 Å². The molecule has 10 nitrogen and oxygen atoms in total. The predicted molar refractivity (Wildman–Crippen MR) is 105 cm³/mol. The third kappa shape index (κ3) is 7.16. The Hall–Kier alpha value is -1.18. The van der Waals surface area contributed by atoms with Crippen LogP contribution in [0.25, 0.3) is 5.73 Å². The number of nitrogens with zero attached hydrogens (tertiary/aromatic N) is 2. The molecule has 171 valence electrons. The molecule has 1 unspecified atom stereocenters. The summed E-state index contributed by atoms with van der Waals surface area (Å²) in [5, 5.41) is 4.01. The number of carbonyl (C=O) groups is 3. The molecular weight excluding hydrogens is 621 g/mol. The van der Waals surface area contributed by atoms with Crippen LogP contribution in [0.15, 0.2) is 10.6 Å². The van der Waals surface area contributed by atoms with Crippen molar-refractivity contribution < 1.29 is 77.2 Å². The number of rotatable bonds is 7. The summed E-state index contributed by atoms with van der Waals surface area (Å²) in [4.78, 5) is 38.6. The van der Waals surface area contributed by atoms with Crippen molar-refractivity contribution in [2.45, 2.75) is 71.1 Å². The summed E-state index contributed by atoms with van der Waals surface area (Å²) in [5.41, 5.74) is 5.93. The van der Waals surface area contributed by atoms with Crippen molar-refractivity contribution in [2.75, 3.05) is 19.8 Å². The smallest absolute Gasteiger partial charge is 0.410 e. The summed E-state index contributed by atoms with van der Waals surface area (Å²) >= 11 is 0. The quantitative estimate of drug-likeness (QED) is 0.250. The summed E-state index contributed by atoms with van der Waals surface area (Å²) in [7, 11) is 0. The van der Waals surface area contributed by atoms with Crippen LogP contribution >= 0.6 is 0 Å². The van der Waals surface area contributed by atoms with Gasteiger partial charge in [-0.1, -0.05) is 5.16 Å². The number of carbonyl (C=O) groups excluding carboxylic acids is 3. The molecule has 0 aliphatic carbocycles. The number of likely N-dealkylation sites (tertiary alicyclic amines) is 1. The molecule has 1 saturated heterocycles. The van der Waals surface area contributed by atoms with E-state index in [1.807, 2.05) is 0 Å². The molecular formula is C20H30AcN3O7-. The topological polar surface area (TPSA) is 132 Å². The van der Waals surface area contributed by atoms with Crippen LogP contribution in [0.3, 0.4) is 0 Å². The van der Waals surface area contributed by atoms with Crippen molar-refractivity contribution in [3.63, 3.8) is 0 Å². The van der Waals surface area contributed by atoms with Gasteiger partial charge in [0, 0.05) is 63.1 Å². The van der Waals surface area contributed by atoms with Gasteiger partial charge in [-0.05, 0) is 47.5 Å². The van der Waals surface area contributed by atoms with E-state index in [-0.39, 0.29) is 69.1 Å². The minimum atomic E-state index is -2.30. The fourth-order valence-electron chi connectivity index (χ4n) is 3.18. The van der Waals surface area contributed by atoms with E-state index in [4.69, 9.17) is 24.5 Å². The molecule has 1 N–H and O–H groups in total. The first kappa shape index (κ1) is 27.9. The molecule has 1 aliphatic rings. The van der Waals surface area contributed by atoms with Crippen LogP contribution in [0, 0.1) is 44.1 Å². The van der Waals surface area contributed by atoms with E-state index in [2.05, 4.69) is 5.16 Å². The summed E-state index contributed by atoms with van der Waals surface area (Å²) < 4.78 is 20.5. The number of ether oxygens (including phenoxy) is 3. The number of esters is 2. The van der Waals surface area contributed by atoms with Gasteiger partial charge >= 0.3 is 18.0 Å². The molecule has 2 heterocycles. The molecule has 1 atom stereocenters. The second-order valence-corrected chi connectivity index (χ2v) is 8.07. The molecule has 1 aromatic heterocycles. The molecule has 2 rings (SSSR count). The Labute approximate surface area is 218 Å². The molecule has 31 heavy (non-hydrogen) atoms. The largest absolute Gasteiger partial charge is 0.653 e. The van der Waals surface area contributed by atoms with E-state index in [1.165, 1.54) is 0 Å². The molecule has 1 radical (unpaired) electrons. The van der Waals surface area contributed by atoms with Gasteiger partial charge in [0.1, 0.15) is 17.1 Å². The third-order valence-corrected chi connectivity index (χ3v) is 4.49. The van der Waals surface area contributed by atoms with Gasteiger partial charge in [-0.15, -0.1) is 0 Å². The zero-order chi connectivity index (χ0) is 22.5. The van der Waals surface area contributed by atoms with Crippen LogP contribution in [0.5, 0.6) is 0 Å². The normalized spacial score (nSPS) is 16.5. The van der Waals surface area contributed by atoms with Crippen molar-refractivity contribution in [1.82, 2.24) is 10.1 Å². The first-order valence-electron chi connectivity index (χ1n) is 10.1. The first-order chi connectivity index (χ1) is 14.0. The monoisotopic (exact) mass is 651 g/mol. The van der Waals surface area contributed by atoms with Crippen molar-refractivity contribution in [3.05, 3.63) is 23.3 Å². The molecule has 11 heteroatoms. The number of aromatic nitrogens is 1. The van der Waals surface area contributed by atoms with Gasteiger partial charge < -0.3 is 24.5 Å². The number of nitrogens with one attached hydrogen (secondary N) is 1. The van der Waals surface area contributed by atoms with Gasteiger partial charge in [-0.3, -0.25) is 14.5 Å². The van der Waals surface area contributed by atoms with Gasteiger partial charge in [-0.2, -0.15) is 0 Å². The zero-order valence-electron chi connectivity index (χ0n) is 18.7. The molecule has 0 aromatic carbocycles. The predicted octanol–water partition coefficient (Wildman–Crippen LogP) is 3.21. The summed E-state index contributed by atoms with van der Waals surface area (Å²) in [6, 6.07) is 1.21. The standard InChI is InChI=1S/C20H30N3O7.Ac/c1-6-27-16(24)20(21,17(25)28-7-2)12-13-11-14(22-30-13)15-9-8-10-23(15)18(26)29-19(3,4)5;/h11,15,21H,6-10,12H2,1-5H3;/q-1;. The fourth-order valence-corrected chi connectivity index (χ4v) is 3.18. The average Bonchev–Trinajstić information content (AvgIpc) is 3.29. The molecule has 0 bridgehead atoms. The number of amides is 1. The molecule has 0 spiro atoms. The molecule has 1 aromatic rings. The summed E-state index contributed by atoms with van der Waals surface area (Å²) in [6.45, 7) is 9.12. The second-order valence-electron chi connectivity index (χ2n) is 8.07. The van der Waals surface area contributed by atoms with E-state index in [0.717, 1.165) is 6.42 Å². The fraction of sp³-hybridized carbons (Fsp3) is 0.700. The van der Waals surface area contributed by atoms with Crippen LogP contribution in [0.1, 0.15) is 65.0 Å². The Morgan fingerprint density at radius 1 is 1.19 bits per heavy atom. The average molecular weight is 651 g/mol. The maximum Gasteiger partial charge on any atom is 0.410 e.